The van der Waals surface area contributed by atoms with Crippen molar-refractivity contribution in [1.29, 1.82) is 0 Å². The molecule has 1 aromatic heterocycles. The van der Waals surface area contributed by atoms with Gasteiger partial charge in [-0.1, -0.05) is 25.4 Å². The summed E-state index contributed by atoms with van der Waals surface area (Å²) in [4.78, 5) is 14.6. The van der Waals surface area contributed by atoms with Crippen LogP contribution in [0.2, 0.25) is 5.15 Å². The van der Waals surface area contributed by atoms with E-state index in [9.17, 15) is 4.79 Å². The van der Waals surface area contributed by atoms with Gasteiger partial charge in [0.05, 0.1) is 23.5 Å². The molecule has 118 valence electrons. The fourth-order valence-electron chi connectivity index (χ4n) is 2.76. The maximum Gasteiger partial charge on any atom is 0.259 e. The normalized spacial score (nSPS) is 22.9. The van der Waals surface area contributed by atoms with Crippen LogP contribution in [0, 0.1) is 12.8 Å². The number of morpholine rings is 1. The Bertz CT molecular complexity index is 517. The quantitative estimate of drug-likeness (QED) is 0.862. The van der Waals surface area contributed by atoms with Crippen LogP contribution in [0.3, 0.4) is 0 Å². The minimum Gasteiger partial charge on any atom is -0.372 e. The second-order valence-electron chi connectivity index (χ2n) is 6.29. The second kappa shape index (κ2) is 6.36. The maximum absolute atomic E-state index is 12.8. The third-order valence-corrected chi connectivity index (χ3v) is 3.91. The molecule has 2 rings (SSSR count). The summed E-state index contributed by atoms with van der Waals surface area (Å²) in [5, 5.41) is 4.85. The van der Waals surface area contributed by atoms with Gasteiger partial charge in [0.25, 0.3) is 5.91 Å². The van der Waals surface area contributed by atoms with Gasteiger partial charge >= 0.3 is 0 Å². The van der Waals surface area contributed by atoms with Crippen LogP contribution in [0.25, 0.3) is 0 Å². The van der Waals surface area contributed by atoms with Crippen molar-refractivity contribution in [2.24, 2.45) is 5.92 Å². The summed E-state index contributed by atoms with van der Waals surface area (Å²) in [7, 11) is 0. The van der Waals surface area contributed by atoms with E-state index in [0.29, 0.717) is 42.0 Å². The predicted octanol–water partition coefficient (Wildman–Crippen LogP) is 2.75. The first kappa shape index (κ1) is 16.3. The van der Waals surface area contributed by atoms with Gasteiger partial charge < -0.3 is 9.64 Å². The van der Waals surface area contributed by atoms with Gasteiger partial charge in [-0.3, -0.25) is 9.48 Å². The van der Waals surface area contributed by atoms with Crippen LogP contribution in [-0.2, 0) is 11.3 Å². The van der Waals surface area contributed by atoms with Crippen LogP contribution in [0.4, 0.5) is 0 Å². The van der Waals surface area contributed by atoms with Crippen LogP contribution in [0.5, 0.6) is 0 Å². The maximum atomic E-state index is 12.8. The first-order chi connectivity index (χ1) is 9.79. The lowest BCUT2D eigenvalue weighted by Gasteiger charge is -2.35. The van der Waals surface area contributed by atoms with Crippen molar-refractivity contribution >= 4 is 17.5 Å². The molecule has 0 radical (unpaired) electrons. The van der Waals surface area contributed by atoms with Crippen LogP contribution in [0.15, 0.2) is 0 Å². The Morgan fingerprint density at radius 1 is 1.38 bits per heavy atom. The molecule has 6 heteroatoms. The molecule has 0 spiro atoms. The Kier molecular flexibility index (Phi) is 4.94. The molecule has 1 aliphatic rings. The lowest BCUT2D eigenvalue weighted by Crippen LogP contribution is -2.48. The molecular weight excluding hydrogens is 290 g/mol. The predicted molar refractivity (Wildman–Crippen MR) is 82.7 cm³/mol. The highest BCUT2D eigenvalue weighted by Gasteiger charge is 2.30. The van der Waals surface area contributed by atoms with E-state index in [0.717, 1.165) is 0 Å². The zero-order chi connectivity index (χ0) is 15.7. The summed E-state index contributed by atoms with van der Waals surface area (Å²) in [5.74, 6) is 0.377. The van der Waals surface area contributed by atoms with E-state index in [1.54, 1.807) is 4.68 Å². The Labute approximate surface area is 131 Å². The number of hydrogen-bond donors (Lipinski definition) is 0. The molecule has 1 saturated heterocycles. The Balaban J connectivity index is 2.25. The highest BCUT2D eigenvalue weighted by Crippen LogP contribution is 2.24. The third-order valence-electron chi connectivity index (χ3n) is 3.52. The molecule has 2 heterocycles. The van der Waals surface area contributed by atoms with E-state index in [1.807, 2.05) is 25.7 Å². The van der Waals surface area contributed by atoms with Crippen molar-refractivity contribution in [3.8, 4) is 0 Å². The molecular formula is C15H24ClN3O2. The number of aryl methyl sites for hydroxylation is 1. The number of carbonyl (C=O) groups excluding carboxylic acids is 1. The summed E-state index contributed by atoms with van der Waals surface area (Å²) in [6, 6.07) is 0. The van der Waals surface area contributed by atoms with Gasteiger partial charge in [0, 0.05) is 19.6 Å². The van der Waals surface area contributed by atoms with Crippen molar-refractivity contribution in [2.75, 3.05) is 13.1 Å². The van der Waals surface area contributed by atoms with E-state index in [-0.39, 0.29) is 18.1 Å². The molecule has 0 bridgehead atoms. The van der Waals surface area contributed by atoms with Crippen LogP contribution in [-0.4, -0.2) is 45.9 Å². The van der Waals surface area contributed by atoms with Gasteiger partial charge in [0.2, 0.25) is 0 Å². The minimum absolute atomic E-state index is 0.0440. The zero-order valence-corrected chi connectivity index (χ0v) is 14.1. The highest BCUT2D eigenvalue weighted by atomic mass is 35.5. The highest BCUT2D eigenvalue weighted by molar-refractivity contribution is 6.33. The van der Waals surface area contributed by atoms with Crippen LogP contribution in [0.1, 0.15) is 43.7 Å². The number of aromatic nitrogens is 2. The van der Waals surface area contributed by atoms with Gasteiger partial charge in [-0.2, -0.15) is 5.10 Å². The summed E-state index contributed by atoms with van der Waals surface area (Å²) < 4.78 is 7.40. The number of amides is 1. The molecule has 1 amide bonds. The van der Waals surface area contributed by atoms with Gasteiger partial charge in [-0.25, -0.2) is 0 Å². The number of rotatable bonds is 3. The lowest BCUT2D eigenvalue weighted by molar-refractivity contribution is -0.0586. The van der Waals surface area contributed by atoms with Crippen LogP contribution >= 0.6 is 11.6 Å². The van der Waals surface area contributed by atoms with Gasteiger partial charge in [-0.15, -0.1) is 0 Å². The molecule has 1 fully saturated rings. The molecule has 5 nitrogen and oxygen atoms in total. The standard InChI is InChI=1S/C15H24ClN3O2/c1-9(2)6-19-14(16)13(12(5)17-19)15(20)18-7-10(3)21-11(4)8-18/h9-11H,6-8H2,1-5H3/t10-,11-/m0/s1. The molecule has 1 aliphatic heterocycles. The van der Waals surface area contributed by atoms with Crippen molar-refractivity contribution < 1.29 is 9.53 Å². The number of hydrogen-bond acceptors (Lipinski definition) is 3. The second-order valence-corrected chi connectivity index (χ2v) is 6.65. The third kappa shape index (κ3) is 3.58. The molecule has 0 aliphatic carbocycles. The van der Waals surface area contributed by atoms with Gasteiger partial charge in [0.15, 0.2) is 0 Å². The smallest absolute Gasteiger partial charge is 0.259 e. The topological polar surface area (TPSA) is 47.4 Å². The number of ether oxygens (including phenoxy) is 1. The fourth-order valence-corrected chi connectivity index (χ4v) is 3.09. The lowest BCUT2D eigenvalue weighted by atomic mass is 10.1. The summed E-state index contributed by atoms with van der Waals surface area (Å²) in [6.07, 6.45) is 0.0879. The minimum atomic E-state index is -0.0468. The van der Waals surface area contributed by atoms with Gasteiger partial charge in [0.1, 0.15) is 5.15 Å². The van der Waals surface area contributed by atoms with E-state index < -0.39 is 0 Å². The molecule has 0 N–H and O–H groups in total. The van der Waals surface area contributed by atoms with E-state index >= 15 is 0 Å². The first-order valence-electron chi connectivity index (χ1n) is 7.47. The Hall–Kier alpha value is -1.07. The van der Waals surface area contributed by atoms with Crippen LogP contribution < -0.4 is 0 Å². The van der Waals surface area contributed by atoms with Gasteiger partial charge in [-0.05, 0) is 26.7 Å². The summed E-state index contributed by atoms with van der Waals surface area (Å²) in [5.41, 5.74) is 1.22. The number of halogens is 1. The molecule has 0 unspecified atom stereocenters. The zero-order valence-electron chi connectivity index (χ0n) is 13.4. The Morgan fingerprint density at radius 3 is 2.48 bits per heavy atom. The molecule has 1 aromatic rings. The first-order valence-corrected chi connectivity index (χ1v) is 7.85. The fraction of sp³-hybridized carbons (Fsp3) is 0.733. The average molecular weight is 314 g/mol. The van der Waals surface area contributed by atoms with E-state index in [1.165, 1.54) is 0 Å². The van der Waals surface area contributed by atoms with E-state index in [2.05, 4.69) is 18.9 Å². The van der Waals surface area contributed by atoms with Crippen molar-refractivity contribution in [2.45, 2.75) is 53.4 Å². The number of nitrogens with zero attached hydrogens (tertiary/aromatic N) is 3. The van der Waals surface area contributed by atoms with Crippen molar-refractivity contribution in [1.82, 2.24) is 14.7 Å². The summed E-state index contributed by atoms with van der Waals surface area (Å²) in [6.45, 7) is 11.9. The largest absolute Gasteiger partial charge is 0.372 e. The summed E-state index contributed by atoms with van der Waals surface area (Å²) >= 11 is 6.38. The Morgan fingerprint density at radius 2 is 1.95 bits per heavy atom. The van der Waals surface area contributed by atoms with Crippen molar-refractivity contribution in [3.05, 3.63) is 16.4 Å². The van der Waals surface area contributed by atoms with Crippen molar-refractivity contribution in [3.63, 3.8) is 0 Å². The molecule has 0 aromatic carbocycles. The molecule has 2 atom stereocenters. The molecule has 0 saturated carbocycles. The monoisotopic (exact) mass is 313 g/mol. The average Bonchev–Trinajstić information content (AvgIpc) is 2.61. The molecule has 21 heavy (non-hydrogen) atoms. The SMILES string of the molecule is Cc1nn(CC(C)C)c(Cl)c1C(=O)N1C[C@H](C)O[C@@H](C)C1. The van der Waals surface area contributed by atoms with E-state index in [4.69, 9.17) is 16.3 Å². The number of carbonyl (C=O) groups is 1.